The summed E-state index contributed by atoms with van der Waals surface area (Å²) in [6, 6.07) is 14.2. The van der Waals surface area contributed by atoms with E-state index in [4.69, 9.17) is 18.9 Å². The molecule has 248 valence electrons. The molecule has 0 fully saturated rings. The van der Waals surface area contributed by atoms with Crippen LogP contribution in [0.1, 0.15) is 58.7 Å². The highest BCUT2D eigenvalue weighted by Crippen LogP contribution is 2.29. The van der Waals surface area contributed by atoms with Gasteiger partial charge in [0.05, 0.1) is 33.3 Å². The van der Waals surface area contributed by atoms with Gasteiger partial charge in [-0.05, 0) is 53.2 Å². The van der Waals surface area contributed by atoms with E-state index in [1.54, 1.807) is 52.0 Å². The van der Waals surface area contributed by atoms with E-state index in [9.17, 15) is 19.2 Å². The summed E-state index contributed by atoms with van der Waals surface area (Å²) in [5, 5.41) is 7.89. The Bertz CT molecular complexity index is 1480. The minimum Gasteiger partial charge on any atom is -0.496 e. The second-order valence-corrected chi connectivity index (χ2v) is 11.9. The number of ether oxygens (including phenoxy) is 4. The van der Waals surface area contributed by atoms with Gasteiger partial charge >= 0.3 is 12.1 Å². The summed E-state index contributed by atoms with van der Waals surface area (Å²) in [6.07, 6.45) is 2.08. The minimum absolute atomic E-state index is 0.114. The molecule has 0 aliphatic carbocycles. The summed E-state index contributed by atoms with van der Waals surface area (Å²) in [5.41, 5.74) is -0.798. The highest BCUT2D eigenvalue weighted by Gasteiger charge is 2.35. The predicted octanol–water partition coefficient (Wildman–Crippen LogP) is 3.99. The third-order valence-corrected chi connectivity index (χ3v) is 6.49. The van der Waals surface area contributed by atoms with Gasteiger partial charge in [0, 0.05) is 11.8 Å². The highest BCUT2D eigenvalue weighted by atomic mass is 16.6. The van der Waals surface area contributed by atoms with Gasteiger partial charge in [0.15, 0.2) is 11.9 Å². The molecule has 0 bridgehead atoms. The number of amides is 3. The topological polar surface area (TPSA) is 159 Å². The van der Waals surface area contributed by atoms with Gasteiger partial charge in [-0.3, -0.25) is 9.59 Å². The molecular weight excluding hydrogens is 594 g/mol. The number of anilines is 1. The Kier molecular flexibility index (Phi) is 12.3. The van der Waals surface area contributed by atoms with Gasteiger partial charge < -0.3 is 39.5 Å². The molecule has 2 atom stereocenters. The van der Waals surface area contributed by atoms with Crippen LogP contribution in [0, 0.1) is 0 Å². The van der Waals surface area contributed by atoms with Crippen molar-refractivity contribution in [3.8, 4) is 5.75 Å². The summed E-state index contributed by atoms with van der Waals surface area (Å²) < 4.78 is 23.4. The molecule has 3 amide bonds. The number of hydrogen-bond donors (Lipinski definition) is 3. The number of hydrogen-bond acceptors (Lipinski definition) is 9. The second-order valence-electron chi connectivity index (χ2n) is 11.9. The molecule has 3 aromatic rings. The maximum Gasteiger partial charge on any atom is 0.408 e. The maximum atomic E-state index is 13.5. The van der Waals surface area contributed by atoms with Crippen LogP contribution in [0.2, 0.25) is 0 Å². The fourth-order valence-corrected chi connectivity index (χ4v) is 4.28. The highest BCUT2D eigenvalue weighted by molar-refractivity contribution is 5.98. The number of alkyl carbamates (subject to hydrolysis) is 1. The van der Waals surface area contributed by atoms with Crippen molar-refractivity contribution in [1.82, 2.24) is 20.2 Å². The number of esters is 1. The average molecular weight is 638 g/mol. The van der Waals surface area contributed by atoms with Crippen molar-refractivity contribution < 1.29 is 38.1 Å². The molecule has 0 saturated carbocycles. The Hall–Kier alpha value is -4.91. The number of methoxy groups -OCH3 is 1. The predicted molar refractivity (Wildman–Crippen MR) is 170 cm³/mol. The van der Waals surface area contributed by atoms with Gasteiger partial charge in [-0.2, -0.15) is 0 Å². The zero-order chi connectivity index (χ0) is 33.9. The number of carbonyl (C=O) groups excluding carboxylic acids is 4. The summed E-state index contributed by atoms with van der Waals surface area (Å²) in [4.78, 5) is 56.5. The van der Waals surface area contributed by atoms with Crippen LogP contribution in [0.4, 0.5) is 10.6 Å². The summed E-state index contributed by atoms with van der Waals surface area (Å²) in [6.45, 7) is 9.95. The lowest BCUT2D eigenvalue weighted by atomic mass is 10.0. The molecule has 0 aliphatic rings. The van der Waals surface area contributed by atoms with E-state index in [-0.39, 0.29) is 25.6 Å². The molecule has 0 radical (unpaired) electrons. The average Bonchev–Trinajstić information content (AvgIpc) is 3.43. The molecule has 46 heavy (non-hydrogen) atoms. The molecule has 1 heterocycles. The number of nitrogens with zero attached hydrogens (tertiary/aromatic N) is 2. The first-order valence-corrected chi connectivity index (χ1v) is 14.8. The quantitative estimate of drug-likeness (QED) is 0.222. The fraction of sp³-hybridized carbons (Fsp3) is 0.424. The SMILES string of the molecule is CCOC(=O)C(c1ccccc1OC)n1cnc(NC(=O)C(COCc2ccccc2)NC(=O)C(C)(C)NC(=O)OC(C)(C)C)c1. The minimum atomic E-state index is -1.44. The number of imidazole rings is 1. The Morgan fingerprint density at radius 3 is 2.28 bits per heavy atom. The number of nitrogens with one attached hydrogen (secondary N) is 3. The van der Waals surface area contributed by atoms with Gasteiger partial charge in [-0.25, -0.2) is 14.6 Å². The third kappa shape index (κ3) is 10.3. The number of aromatic nitrogens is 2. The zero-order valence-corrected chi connectivity index (χ0v) is 27.3. The molecule has 0 saturated heterocycles. The van der Waals surface area contributed by atoms with Crippen molar-refractivity contribution in [3.05, 3.63) is 78.2 Å². The van der Waals surface area contributed by atoms with Crippen LogP contribution >= 0.6 is 0 Å². The smallest absolute Gasteiger partial charge is 0.408 e. The van der Waals surface area contributed by atoms with Crippen LogP contribution in [0.3, 0.4) is 0 Å². The zero-order valence-electron chi connectivity index (χ0n) is 27.3. The Morgan fingerprint density at radius 2 is 1.63 bits per heavy atom. The van der Waals surface area contributed by atoms with Crippen molar-refractivity contribution in [2.45, 2.75) is 71.4 Å². The van der Waals surface area contributed by atoms with E-state index < -0.39 is 47.1 Å². The van der Waals surface area contributed by atoms with Crippen molar-refractivity contribution in [2.24, 2.45) is 0 Å². The molecule has 3 rings (SSSR count). The van der Waals surface area contributed by atoms with Crippen molar-refractivity contribution >= 4 is 29.7 Å². The summed E-state index contributed by atoms with van der Waals surface area (Å²) in [7, 11) is 1.50. The second kappa shape index (κ2) is 15.9. The largest absolute Gasteiger partial charge is 0.496 e. The lowest BCUT2D eigenvalue weighted by Gasteiger charge is -2.29. The van der Waals surface area contributed by atoms with E-state index >= 15 is 0 Å². The lowest BCUT2D eigenvalue weighted by Crippen LogP contribution is -2.59. The standard InChI is InChI=1S/C33H43N5O8/c1-8-45-29(40)27(23-16-12-13-17-25(23)43-7)38-18-26(34-21-38)36-28(39)24(20-44-19-22-14-10-9-11-15-22)35-30(41)33(5,6)37-31(42)46-32(2,3)4/h9-18,21,24,27H,8,19-20H2,1-7H3,(H,35,41)(H,36,39)(H,37,42). The van der Waals surface area contributed by atoms with Gasteiger partial charge in [0.1, 0.15) is 22.9 Å². The number of carbonyl (C=O) groups is 4. The van der Waals surface area contributed by atoms with E-state index in [0.29, 0.717) is 11.3 Å². The van der Waals surface area contributed by atoms with Crippen LogP contribution in [0.25, 0.3) is 0 Å². The molecule has 13 nitrogen and oxygen atoms in total. The molecule has 2 aromatic carbocycles. The first-order valence-electron chi connectivity index (χ1n) is 14.8. The van der Waals surface area contributed by atoms with Gasteiger partial charge in [0.25, 0.3) is 5.91 Å². The maximum absolute atomic E-state index is 13.5. The lowest BCUT2D eigenvalue weighted by molar-refractivity contribution is -0.145. The Morgan fingerprint density at radius 1 is 0.957 bits per heavy atom. The van der Waals surface area contributed by atoms with Gasteiger partial charge in [-0.1, -0.05) is 48.5 Å². The third-order valence-electron chi connectivity index (χ3n) is 6.49. The van der Waals surface area contributed by atoms with Crippen molar-refractivity contribution in [1.29, 1.82) is 0 Å². The van der Waals surface area contributed by atoms with Crippen molar-refractivity contribution in [2.75, 3.05) is 25.6 Å². The van der Waals surface area contributed by atoms with Crippen LogP contribution in [-0.2, 0) is 35.2 Å². The normalized spacial score (nSPS) is 12.8. The number of rotatable bonds is 14. The summed E-state index contributed by atoms with van der Waals surface area (Å²) >= 11 is 0. The van der Waals surface area contributed by atoms with E-state index in [0.717, 1.165) is 5.56 Å². The fourth-order valence-electron chi connectivity index (χ4n) is 4.28. The first kappa shape index (κ1) is 35.6. The molecule has 2 unspecified atom stereocenters. The molecule has 0 aliphatic heterocycles. The van der Waals surface area contributed by atoms with E-state index in [1.165, 1.54) is 38.0 Å². The number of benzene rings is 2. The van der Waals surface area contributed by atoms with Crippen LogP contribution in [-0.4, -0.2) is 70.9 Å². The molecule has 13 heteroatoms. The van der Waals surface area contributed by atoms with Gasteiger partial charge in [-0.15, -0.1) is 0 Å². The van der Waals surface area contributed by atoms with Crippen LogP contribution in [0.5, 0.6) is 5.75 Å². The Balaban J connectivity index is 1.81. The number of para-hydroxylation sites is 1. The van der Waals surface area contributed by atoms with Crippen molar-refractivity contribution in [3.63, 3.8) is 0 Å². The van der Waals surface area contributed by atoms with E-state index in [1.807, 2.05) is 30.3 Å². The monoisotopic (exact) mass is 637 g/mol. The first-order chi connectivity index (χ1) is 21.7. The molecular formula is C33H43N5O8. The Labute approximate surface area is 269 Å². The molecule has 0 spiro atoms. The summed E-state index contributed by atoms with van der Waals surface area (Å²) in [5.74, 6) is -1.24. The molecule has 3 N–H and O–H groups in total. The van der Waals surface area contributed by atoms with E-state index in [2.05, 4.69) is 20.9 Å². The molecule has 1 aromatic heterocycles. The van der Waals surface area contributed by atoms with Crippen LogP contribution in [0.15, 0.2) is 67.1 Å². The van der Waals surface area contributed by atoms with Gasteiger partial charge in [0.2, 0.25) is 5.91 Å². The van der Waals surface area contributed by atoms with Crippen LogP contribution < -0.4 is 20.7 Å².